The van der Waals surface area contributed by atoms with Crippen LogP contribution >= 0.6 is 0 Å². The van der Waals surface area contributed by atoms with Gasteiger partial charge in [0.25, 0.3) is 11.2 Å². The van der Waals surface area contributed by atoms with Gasteiger partial charge < -0.3 is 14.0 Å². The first-order chi connectivity index (χ1) is 16.3. The number of nitro groups is 1. The van der Waals surface area contributed by atoms with Gasteiger partial charge in [0.2, 0.25) is 5.60 Å². The van der Waals surface area contributed by atoms with E-state index in [9.17, 15) is 24.5 Å². The van der Waals surface area contributed by atoms with Crippen LogP contribution in [0.5, 0.6) is 0 Å². The second kappa shape index (κ2) is 7.75. The quantitative estimate of drug-likeness (QED) is 0.250. The molecular formula is C24H21N3O7. The van der Waals surface area contributed by atoms with Crippen molar-refractivity contribution in [2.24, 2.45) is 0 Å². The normalized spacial score (nSPS) is 18.1. The molecular weight excluding hydrogens is 442 g/mol. The van der Waals surface area contributed by atoms with Gasteiger partial charge in [-0.2, -0.15) is 0 Å². The summed E-state index contributed by atoms with van der Waals surface area (Å²) in [7, 11) is 0. The molecule has 0 amide bonds. The Balaban J connectivity index is 1.73. The van der Waals surface area contributed by atoms with Gasteiger partial charge in [0.05, 0.1) is 39.3 Å². The molecule has 34 heavy (non-hydrogen) atoms. The smallest absolute Gasteiger partial charge is 0.355 e. The van der Waals surface area contributed by atoms with Crippen LogP contribution in [0.1, 0.15) is 49.8 Å². The van der Waals surface area contributed by atoms with Crippen molar-refractivity contribution in [2.75, 3.05) is 0 Å². The van der Waals surface area contributed by atoms with E-state index in [1.807, 2.05) is 6.92 Å². The number of nitro benzene ring substituents is 1. The van der Waals surface area contributed by atoms with Gasteiger partial charge in [0.1, 0.15) is 6.61 Å². The van der Waals surface area contributed by atoms with Gasteiger partial charge in [-0.15, -0.1) is 0 Å². The fraction of sp³-hybridized carbons (Fsp3) is 0.333. The number of aromatic nitrogens is 2. The van der Waals surface area contributed by atoms with E-state index in [1.54, 1.807) is 31.2 Å². The van der Waals surface area contributed by atoms with Gasteiger partial charge in [0.15, 0.2) is 0 Å². The van der Waals surface area contributed by atoms with Gasteiger partial charge in [-0.25, -0.2) is 9.78 Å². The largest absolute Gasteiger partial charge is 0.457 e. The number of esters is 2. The van der Waals surface area contributed by atoms with Crippen LogP contribution in [0.3, 0.4) is 0 Å². The van der Waals surface area contributed by atoms with E-state index >= 15 is 0 Å². The van der Waals surface area contributed by atoms with Crippen LogP contribution < -0.4 is 5.56 Å². The minimum Gasteiger partial charge on any atom is -0.457 e. The maximum absolute atomic E-state index is 13.5. The summed E-state index contributed by atoms with van der Waals surface area (Å²) in [5, 5.41) is 11.8. The van der Waals surface area contributed by atoms with Crippen molar-refractivity contribution in [2.45, 2.75) is 51.9 Å². The van der Waals surface area contributed by atoms with E-state index in [-0.39, 0.29) is 42.8 Å². The highest BCUT2D eigenvalue weighted by Gasteiger charge is 2.50. The van der Waals surface area contributed by atoms with Crippen molar-refractivity contribution in [1.82, 2.24) is 9.55 Å². The number of non-ortho nitro benzene ring substituents is 1. The molecule has 0 spiro atoms. The third kappa shape index (κ3) is 3.01. The van der Waals surface area contributed by atoms with Gasteiger partial charge in [-0.1, -0.05) is 19.9 Å². The standard InChI is InChI=1S/C24H21N3O7/c1-3-6-20(28)34-24(4-2)16-10-19-21-13(11-26(19)22(29)15(16)12-33-23(24)30)9-14-17(25-21)7-5-8-18(14)27(31)32/h5,7-10H,3-4,6,11-12H2,1-2H3. The number of benzene rings is 1. The number of rotatable bonds is 5. The van der Waals surface area contributed by atoms with Crippen molar-refractivity contribution in [3.63, 3.8) is 0 Å². The van der Waals surface area contributed by atoms with E-state index in [2.05, 4.69) is 4.98 Å². The summed E-state index contributed by atoms with van der Waals surface area (Å²) >= 11 is 0. The highest BCUT2D eigenvalue weighted by Crippen LogP contribution is 2.41. The number of fused-ring (bicyclic) bond motifs is 5. The summed E-state index contributed by atoms with van der Waals surface area (Å²) in [4.78, 5) is 54.4. The van der Waals surface area contributed by atoms with E-state index in [0.29, 0.717) is 39.8 Å². The highest BCUT2D eigenvalue weighted by atomic mass is 16.6. The summed E-state index contributed by atoms with van der Waals surface area (Å²) in [6.45, 7) is 3.47. The molecule has 4 heterocycles. The summed E-state index contributed by atoms with van der Waals surface area (Å²) < 4.78 is 12.5. The van der Waals surface area contributed by atoms with Crippen molar-refractivity contribution in [3.05, 3.63) is 67.5 Å². The molecule has 0 bridgehead atoms. The molecule has 1 aromatic carbocycles. The molecule has 0 saturated carbocycles. The maximum atomic E-state index is 13.5. The lowest BCUT2D eigenvalue weighted by molar-refractivity contribution is -0.383. The Morgan fingerprint density at radius 2 is 2.09 bits per heavy atom. The number of hydrogen-bond acceptors (Lipinski definition) is 8. The summed E-state index contributed by atoms with van der Waals surface area (Å²) in [6.07, 6.45) is 0.773. The van der Waals surface area contributed by atoms with Crippen LogP contribution in [-0.2, 0) is 37.8 Å². The van der Waals surface area contributed by atoms with Crippen LogP contribution in [0.2, 0.25) is 0 Å². The van der Waals surface area contributed by atoms with Crippen LogP contribution in [0.4, 0.5) is 5.69 Å². The van der Waals surface area contributed by atoms with Gasteiger partial charge in [-0.3, -0.25) is 19.7 Å². The molecule has 174 valence electrons. The molecule has 10 nitrogen and oxygen atoms in total. The van der Waals surface area contributed by atoms with Gasteiger partial charge >= 0.3 is 11.9 Å². The minimum absolute atomic E-state index is 0.0674. The average molecular weight is 463 g/mol. The van der Waals surface area contributed by atoms with Crippen LogP contribution in [0.15, 0.2) is 35.1 Å². The van der Waals surface area contributed by atoms with Crippen LogP contribution in [0.25, 0.3) is 22.3 Å². The molecule has 5 rings (SSSR count). The minimum atomic E-state index is -1.72. The zero-order valence-electron chi connectivity index (χ0n) is 18.6. The summed E-state index contributed by atoms with van der Waals surface area (Å²) in [5.41, 5.74) is 0.429. The number of carbonyl (C=O) groups excluding carboxylic acids is 2. The average Bonchev–Trinajstić information content (AvgIpc) is 3.17. The Labute approximate surface area is 193 Å². The molecule has 0 radical (unpaired) electrons. The third-order valence-corrected chi connectivity index (χ3v) is 6.44. The van der Waals surface area contributed by atoms with Crippen LogP contribution in [0, 0.1) is 10.1 Å². The lowest BCUT2D eigenvalue weighted by atomic mass is 9.85. The highest BCUT2D eigenvalue weighted by molar-refractivity contribution is 5.92. The SMILES string of the molecule is CCCC(=O)OC1(CC)C(=O)OCc2c1cc1n(c2=O)Cc2cc3c([N+](=O)[O-])cccc3nc2-1. The first kappa shape index (κ1) is 21.7. The Hall–Kier alpha value is -4.08. The molecule has 0 N–H and O–H groups in total. The van der Waals surface area contributed by atoms with E-state index in [4.69, 9.17) is 9.47 Å². The van der Waals surface area contributed by atoms with Crippen LogP contribution in [-0.4, -0.2) is 26.4 Å². The summed E-state index contributed by atoms with van der Waals surface area (Å²) in [5.74, 6) is -1.26. The Bertz CT molecular complexity index is 1460. The maximum Gasteiger partial charge on any atom is 0.355 e. The van der Waals surface area contributed by atoms with Crippen molar-refractivity contribution < 1.29 is 24.0 Å². The van der Waals surface area contributed by atoms with Gasteiger partial charge in [0, 0.05) is 23.6 Å². The number of ether oxygens (including phenoxy) is 2. The molecule has 1 unspecified atom stereocenters. The first-order valence-corrected chi connectivity index (χ1v) is 11.0. The lowest BCUT2D eigenvalue weighted by Gasteiger charge is -2.35. The molecule has 0 saturated heterocycles. The van der Waals surface area contributed by atoms with E-state index in [1.165, 1.54) is 10.6 Å². The lowest BCUT2D eigenvalue weighted by Crippen LogP contribution is -2.47. The number of carbonyl (C=O) groups is 2. The fourth-order valence-electron chi connectivity index (χ4n) is 4.75. The summed E-state index contributed by atoms with van der Waals surface area (Å²) in [6, 6.07) is 7.98. The zero-order valence-corrected chi connectivity index (χ0v) is 18.6. The monoisotopic (exact) mass is 463 g/mol. The van der Waals surface area contributed by atoms with Crippen molar-refractivity contribution in [3.8, 4) is 11.4 Å². The predicted octanol–water partition coefficient (Wildman–Crippen LogP) is 3.34. The van der Waals surface area contributed by atoms with E-state index < -0.39 is 22.5 Å². The van der Waals surface area contributed by atoms with Crippen molar-refractivity contribution in [1.29, 1.82) is 0 Å². The molecule has 2 aliphatic heterocycles. The molecule has 3 aromatic rings. The van der Waals surface area contributed by atoms with Crippen molar-refractivity contribution >= 4 is 28.5 Å². The number of cyclic esters (lactones) is 1. The molecule has 0 aliphatic carbocycles. The third-order valence-electron chi connectivity index (χ3n) is 6.44. The molecule has 2 aliphatic rings. The first-order valence-electron chi connectivity index (χ1n) is 11.0. The second-order valence-electron chi connectivity index (χ2n) is 8.39. The number of nitrogens with zero attached hydrogens (tertiary/aromatic N) is 3. The number of pyridine rings is 2. The Morgan fingerprint density at radius 3 is 2.79 bits per heavy atom. The second-order valence-corrected chi connectivity index (χ2v) is 8.39. The topological polar surface area (TPSA) is 131 Å². The number of hydrogen-bond donors (Lipinski definition) is 0. The predicted molar refractivity (Wildman–Crippen MR) is 120 cm³/mol. The van der Waals surface area contributed by atoms with Gasteiger partial charge in [-0.05, 0) is 31.0 Å². The zero-order chi connectivity index (χ0) is 24.2. The molecule has 1 atom stereocenters. The Morgan fingerprint density at radius 1 is 1.29 bits per heavy atom. The molecule has 10 heteroatoms. The Kier molecular flexibility index (Phi) is 4.96. The molecule has 2 aromatic heterocycles. The molecule has 0 fully saturated rings. The fourth-order valence-corrected chi connectivity index (χ4v) is 4.75. The van der Waals surface area contributed by atoms with E-state index in [0.717, 1.165) is 0 Å².